The van der Waals surface area contributed by atoms with Gasteiger partial charge in [-0.3, -0.25) is 14.4 Å². The normalized spacial score (nSPS) is 12.1. The highest BCUT2D eigenvalue weighted by Gasteiger charge is 2.19. The van der Waals surface area contributed by atoms with Crippen molar-refractivity contribution in [1.29, 1.82) is 0 Å². The van der Waals surface area contributed by atoms with Crippen LogP contribution in [-0.4, -0.2) is 37.2 Å². The van der Waals surface area contributed by atoms with Gasteiger partial charge in [0.1, 0.15) is 13.2 Å². The molecular formula is C74H140O6. The molecule has 0 saturated heterocycles. The van der Waals surface area contributed by atoms with Gasteiger partial charge in [-0.15, -0.1) is 0 Å². The molecule has 80 heavy (non-hydrogen) atoms. The summed E-state index contributed by atoms with van der Waals surface area (Å²) < 4.78 is 17.0. The smallest absolute Gasteiger partial charge is 0.306 e. The third-order valence-electron chi connectivity index (χ3n) is 16.7. The van der Waals surface area contributed by atoms with Gasteiger partial charge >= 0.3 is 17.9 Å². The van der Waals surface area contributed by atoms with E-state index in [0.29, 0.717) is 19.3 Å². The van der Waals surface area contributed by atoms with Crippen molar-refractivity contribution in [2.45, 2.75) is 419 Å². The molecule has 0 aliphatic rings. The standard InChI is InChI=1S/C74H140O6/c1-4-7-10-13-16-19-22-25-27-29-30-31-32-33-34-35-36-37-38-39-40-41-42-43-45-46-49-52-55-58-61-64-67-73(76)79-70-71(69-78-72(75)66-63-60-57-54-51-48-24-21-18-15-12-9-6-3)80-74(77)68-65-62-59-56-53-50-47-44-28-26-23-20-17-14-11-8-5-2/h21,24,26,28,71H,4-20,22-23,25,27,29-70H2,1-3H3/b24-21-,28-26-. The minimum atomic E-state index is -0.775. The Morgan fingerprint density at radius 2 is 0.412 bits per heavy atom. The largest absolute Gasteiger partial charge is 0.462 e. The minimum Gasteiger partial charge on any atom is -0.462 e. The fraction of sp³-hybridized carbons (Fsp3) is 0.905. The summed E-state index contributed by atoms with van der Waals surface area (Å²) >= 11 is 0. The van der Waals surface area contributed by atoms with Crippen molar-refractivity contribution in [2.24, 2.45) is 0 Å². The van der Waals surface area contributed by atoms with Gasteiger partial charge in [0.25, 0.3) is 0 Å². The molecule has 0 amide bonds. The summed E-state index contributed by atoms with van der Waals surface area (Å²) in [6, 6.07) is 0. The molecule has 6 nitrogen and oxygen atoms in total. The molecule has 0 aliphatic carbocycles. The van der Waals surface area contributed by atoms with Gasteiger partial charge in [-0.2, -0.15) is 0 Å². The lowest BCUT2D eigenvalue weighted by Crippen LogP contribution is -2.30. The second-order valence-electron chi connectivity index (χ2n) is 24.9. The van der Waals surface area contributed by atoms with E-state index in [-0.39, 0.29) is 31.1 Å². The van der Waals surface area contributed by atoms with E-state index in [1.54, 1.807) is 0 Å². The van der Waals surface area contributed by atoms with Gasteiger partial charge in [0.2, 0.25) is 0 Å². The Bertz CT molecular complexity index is 1290. The molecular weight excluding hydrogens is 985 g/mol. The zero-order valence-electron chi connectivity index (χ0n) is 54.4. The number of carbonyl (C=O) groups is 3. The fourth-order valence-electron chi connectivity index (χ4n) is 11.2. The summed E-state index contributed by atoms with van der Waals surface area (Å²) in [4.78, 5) is 38.4. The predicted octanol–water partition coefficient (Wildman–Crippen LogP) is 25.0. The molecule has 6 heteroatoms. The third-order valence-corrected chi connectivity index (χ3v) is 16.7. The summed E-state index contributed by atoms with van der Waals surface area (Å²) in [7, 11) is 0. The van der Waals surface area contributed by atoms with Gasteiger partial charge in [0, 0.05) is 19.3 Å². The molecule has 0 bridgehead atoms. The van der Waals surface area contributed by atoms with Crippen LogP contribution in [0.5, 0.6) is 0 Å². The van der Waals surface area contributed by atoms with Gasteiger partial charge in [0.15, 0.2) is 6.10 Å². The molecule has 0 heterocycles. The number of unbranched alkanes of at least 4 members (excludes halogenated alkanes) is 53. The molecule has 0 saturated carbocycles. The van der Waals surface area contributed by atoms with E-state index in [1.807, 2.05) is 0 Å². The van der Waals surface area contributed by atoms with Crippen molar-refractivity contribution >= 4 is 17.9 Å². The molecule has 472 valence electrons. The molecule has 1 unspecified atom stereocenters. The molecule has 0 N–H and O–H groups in total. The molecule has 0 radical (unpaired) electrons. The Morgan fingerprint density at radius 3 is 0.637 bits per heavy atom. The van der Waals surface area contributed by atoms with Crippen LogP contribution in [-0.2, 0) is 28.6 Å². The molecule has 0 rings (SSSR count). The third kappa shape index (κ3) is 66.7. The maximum atomic E-state index is 12.9. The maximum Gasteiger partial charge on any atom is 0.306 e. The Labute approximate surface area is 500 Å². The van der Waals surface area contributed by atoms with Crippen LogP contribution in [0.15, 0.2) is 24.3 Å². The predicted molar refractivity (Wildman–Crippen MR) is 349 cm³/mol. The topological polar surface area (TPSA) is 78.9 Å². The van der Waals surface area contributed by atoms with Crippen LogP contribution in [0.4, 0.5) is 0 Å². The van der Waals surface area contributed by atoms with Crippen molar-refractivity contribution in [3.8, 4) is 0 Å². The average Bonchev–Trinajstić information content (AvgIpc) is 3.46. The van der Waals surface area contributed by atoms with Gasteiger partial charge in [-0.1, -0.05) is 347 Å². The van der Waals surface area contributed by atoms with Crippen molar-refractivity contribution in [2.75, 3.05) is 13.2 Å². The number of esters is 3. The van der Waals surface area contributed by atoms with E-state index >= 15 is 0 Å². The molecule has 0 fully saturated rings. The maximum absolute atomic E-state index is 12.9. The SMILES string of the molecule is CCCCCC/C=C\CCCCCCCC(=O)OCC(COC(=O)CCCCCCCCCCCCCCCCCCCCCCCCCCCCCCCCCC)OC(=O)CCCCCCCCC/C=C\CCCCCCCC. The minimum absolute atomic E-state index is 0.0705. The van der Waals surface area contributed by atoms with Gasteiger partial charge in [0.05, 0.1) is 0 Å². The highest BCUT2D eigenvalue weighted by Crippen LogP contribution is 2.19. The molecule has 0 aromatic carbocycles. The Hall–Kier alpha value is -2.11. The quantitative estimate of drug-likeness (QED) is 0.0261. The lowest BCUT2D eigenvalue weighted by Gasteiger charge is -2.18. The van der Waals surface area contributed by atoms with Crippen molar-refractivity contribution < 1.29 is 28.6 Å². The first-order chi connectivity index (χ1) is 39.5. The Balaban J connectivity index is 4.10. The highest BCUT2D eigenvalue weighted by molar-refractivity contribution is 5.71. The zero-order chi connectivity index (χ0) is 57.8. The van der Waals surface area contributed by atoms with E-state index < -0.39 is 6.10 Å². The van der Waals surface area contributed by atoms with Crippen LogP contribution in [0.2, 0.25) is 0 Å². The van der Waals surface area contributed by atoms with Crippen LogP contribution >= 0.6 is 0 Å². The van der Waals surface area contributed by atoms with Crippen molar-refractivity contribution in [1.82, 2.24) is 0 Å². The van der Waals surface area contributed by atoms with Gasteiger partial charge in [-0.25, -0.2) is 0 Å². The van der Waals surface area contributed by atoms with Crippen molar-refractivity contribution in [3.63, 3.8) is 0 Å². The van der Waals surface area contributed by atoms with E-state index in [1.165, 1.54) is 308 Å². The number of hydrogen-bond donors (Lipinski definition) is 0. The first-order valence-corrected chi connectivity index (χ1v) is 36.3. The lowest BCUT2D eigenvalue weighted by atomic mass is 10.0. The first-order valence-electron chi connectivity index (χ1n) is 36.3. The van der Waals surface area contributed by atoms with Gasteiger partial charge in [-0.05, 0) is 70.6 Å². The van der Waals surface area contributed by atoms with E-state index in [2.05, 4.69) is 45.1 Å². The second kappa shape index (κ2) is 69.4. The summed E-state index contributed by atoms with van der Waals surface area (Å²) in [6.07, 6.45) is 85.2. The summed E-state index contributed by atoms with van der Waals surface area (Å²) in [5.74, 6) is -0.855. The highest BCUT2D eigenvalue weighted by atomic mass is 16.6. The number of carbonyl (C=O) groups excluding carboxylic acids is 3. The zero-order valence-corrected chi connectivity index (χ0v) is 54.4. The number of ether oxygens (including phenoxy) is 3. The van der Waals surface area contributed by atoms with Crippen LogP contribution in [0.1, 0.15) is 412 Å². The van der Waals surface area contributed by atoms with Crippen LogP contribution in [0, 0.1) is 0 Å². The number of rotatable bonds is 68. The monoisotopic (exact) mass is 1130 g/mol. The fourth-order valence-corrected chi connectivity index (χ4v) is 11.2. The number of allylic oxidation sites excluding steroid dienone is 4. The number of hydrogen-bond acceptors (Lipinski definition) is 6. The molecule has 0 spiro atoms. The van der Waals surface area contributed by atoms with Crippen LogP contribution in [0.3, 0.4) is 0 Å². The van der Waals surface area contributed by atoms with E-state index in [9.17, 15) is 14.4 Å². The molecule has 0 aliphatic heterocycles. The van der Waals surface area contributed by atoms with Gasteiger partial charge < -0.3 is 14.2 Å². The summed E-state index contributed by atoms with van der Waals surface area (Å²) in [6.45, 7) is 6.69. The Morgan fingerprint density at radius 1 is 0.237 bits per heavy atom. The van der Waals surface area contributed by atoms with Crippen LogP contribution < -0.4 is 0 Å². The van der Waals surface area contributed by atoms with Crippen molar-refractivity contribution in [3.05, 3.63) is 24.3 Å². The Kier molecular flexibility index (Phi) is 67.6. The first kappa shape index (κ1) is 77.9. The molecule has 0 aromatic heterocycles. The summed E-state index contributed by atoms with van der Waals surface area (Å²) in [5.41, 5.74) is 0. The van der Waals surface area contributed by atoms with E-state index in [4.69, 9.17) is 14.2 Å². The lowest BCUT2D eigenvalue weighted by molar-refractivity contribution is -0.167. The second-order valence-corrected chi connectivity index (χ2v) is 24.9. The average molecular weight is 1130 g/mol. The summed E-state index contributed by atoms with van der Waals surface area (Å²) in [5, 5.41) is 0. The van der Waals surface area contributed by atoms with Crippen LogP contribution in [0.25, 0.3) is 0 Å². The molecule has 1 atom stereocenters. The van der Waals surface area contributed by atoms with E-state index in [0.717, 1.165) is 64.2 Å². The molecule has 0 aromatic rings.